The number of thioether (sulfide) groups is 1. The first kappa shape index (κ1) is 25.0. The van der Waals surface area contributed by atoms with Gasteiger partial charge in [0.1, 0.15) is 23.0 Å². The molecule has 0 radical (unpaired) electrons. The van der Waals surface area contributed by atoms with Crippen molar-refractivity contribution >= 4 is 35.1 Å². The standard InChI is InChI=1S/C23H19F3N6O3S/c1-13(33)27-20-18(21-29-19(31-35-21)14-8-4-3-5-9-14)22(36-2)30-32(20)12-17(34)28-16-11-7-6-10-15(16)23(24,25)26/h3-11H,12H2,1-2H3,(H,27,33)(H,28,34). The Labute approximate surface area is 207 Å². The van der Waals surface area contributed by atoms with E-state index in [1.165, 1.54) is 35.5 Å². The molecular formula is C23H19F3N6O3S. The summed E-state index contributed by atoms with van der Waals surface area (Å²) < 4.78 is 46.5. The van der Waals surface area contributed by atoms with Gasteiger partial charge >= 0.3 is 6.18 Å². The molecule has 2 amide bonds. The molecule has 0 unspecified atom stereocenters. The third-order valence-electron chi connectivity index (χ3n) is 4.88. The van der Waals surface area contributed by atoms with Crippen LogP contribution in [0.3, 0.4) is 0 Å². The van der Waals surface area contributed by atoms with Crippen molar-refractivity contribution in [3.63, 3.8) is 0 Å². The molecule has 2 aromatic heterocycles. The van der Waals surface area contributed by atoms with E-state index >= 15 is 0 Å². The molecule has 36 heavy (non-hydrogen) atoms. The second kappa shape index (κ2) is 10.2. The Bertz CT molecular complexity index is 1400. The van der Waals surface area contributed by atoms with Crippen molar-refractivity contribution < 1.29 is 27.3 Å². The number of amides is 2. The van der Waals surface area contributed by atoms with E-state index in [0.29, 0.717) is 16.4 Å². The number of nitrogens with zero attached hydrogens (tertiary/aromatic N) is 4. The monoisotopic (exact) mass is 516 g/mol. The zero-order chi connectivity index (χ0) is 25.9. The van der Waals surface area contributed by atoms with Crippen LogP contribution in [-0.4, -0.2) is 38.0 Å². The van der Waals surface area contributed by atoms with Crippen molar-refractivity contribution in [3.05, 3.63) is 60.2 Å². The molecule has 4 aromatic rings. The molecule has 2 N–H and O–H groups in total. The van der Waals surface area contributed by atoms with Gasteiger partial charge in [-0.3, -0.25) is 9.59 Å². The fourth-order valence-electron chi connectivity index (χ4n) is 3.38. The number of alkyl halides is 3. The molecule has 0 bridgehead atoms. The highest BCUT2D eigenvalue weighted by atomic mass is 32.2. The number of benzene rings is 2. The lowest BCUT2D eigenvalue weighted by molar-refractivity contribution is -0.137. The summed E-state index contributed by atoms with van der Waals surface area (Å²) in [4.78, 5) is 29.1. The summed E-state index contributed by atoms with van der Waals surface area (Å²) in [5.41, 5.74) is -0.381. The largest absolute Gasteiger partial charge is 0.418 e. The number of anilines is 2. The zero-order valence-corrected chi connectivity index (χ0v) is 19.8. The predicted molar refractivity (Wildman–Crippen MR) is 127 cm³/mol. The first-order valence-electron chi connectivity index (χ1n) is 10.5. The molecule has 2 aromatic carbocycles. The van der Waals surface area contributed by atoms with Crippen molar-refractivity contribution in [1.29, 1.82) is 0 Å². The highest BCUT2D eigenvalue weighted by Gasteiger charge is 2.34. The predicted octanol–water partition coefficient (Wildman–Crippen LogP) is 4.94. The van der Waals surface area contributed by atoms with Gasteiger partial charge in [0.15, 0.2) is 0 Å². The van der Waals surface area contributed by atoms with Crippen LogP contribution in [0.15, 0.2) is 64.1 Å². The number of para-hydroxylation sites is 1. The lowest BCUT2D eigenvalue weighted by Crippen LogP contribution is -2.23. The first-order chi connectivity index (χ1) is 17.2. The molecule has 0 aliphatic rings. The van der Waals surface area contributed by atoms with Crippen LogP contribution in [0.25, 0.3) is 22.8 Å². The van der Waals surface area contributed by atoms with E-state index in [4.69, 9.17) is 4.52 Å². The van der Waals surface area contributed by atoms with E-state index in [0.717, 1.165) is 12.1 Å². The Hall–Kier alpha value is -4.13. The molecule has 0 atom stereocenters. The van der Waals surface area contributed by atoms with Crippen LogP contribution in [0.2, 0.25) is 0 Å². The van der Waals surface area contributed by atoms with Crippen LogP contribution in [0.5, 0.6) is 0 Å². The summed E-state index contributed by atoms with van der Waals surface area (Å²) in [5, 5.41) is 13.6. The maximum atomic E-state index is 13.3. The highest BCUT2D eigenvalue weighted by Crippen LogP contribution is 2.37. The lowest BCUT2D eigenvalue weighted by Gasteiger charge is -2.14. The Morgan fingerprint density at radius 2 is 1.75 bits per heavy atom. The van der Waals surface area contributed by atoms with E-state index in [9.17, 15) is 22.8 Å². The van der Waals surface area contributed by atoms with Gasteiger partial charge in [-0.25, -0.2) is 4.68 Å². The SMILES string of the molecule is CSc1nn(CC(=O)Nc2ccccc2C(F)(F)F)c(NC(C)=O)c1-c1nc(-c2ccccc2)no1. The Morgan fingerprint density at radius 1 is 1.06 bits per heavy atom. The minimum Gasteiger partial charge on any atom is -0.333 e. The summed E-state index contributed by atoms with van der Waals surface area (Å²) in [6.07, 6.45) is -2.92. The minimum absolute atomic E-state index is 0.0519. The smallest absolute Gasteiger partial charge is 0.333 e. The number of carbonyl (C=O) groups is 2. The van der Waals surface area contributed by atoms with Gasteiger partial charge in [-0.15, -0.1) is 11.8 Å². The van der Waals surface area contributed by atoms with E-state index in [2.05, 4.69) is 25.9 Å². The molecule has 0 fully saturated rings. The van der Waals surface area contributed by atoms with Gasteiger partial charge in [0.05, 0.1) is 11.3 Å². The van der Waals surface area contributed by atoms with E-state index in [1.54, 1.807) is 18.4 Å². The van der Waals surface area contributed by atoms with E-state index in [-0.39, 0.29) is 17.3 Å². The second-order valence-corrected chi connectivity index (χ2v) is 8.25. The fourth-order valence-corrected chi connectivity index (χ4v) is 3.95. The van der Waals surface area contributed by atoms with E-state index in [1.807, 2.05) is 18.2 Å². The molecule has 9 nitrogen and oxygen atoms in total. The third-order valence-corrected chi connectivity index (χ3v) is 5.55. The lowest BCUT2D eigenvalue weighted by atomic mass is 10.1. The average molecular weight is 517 g/mol. The number of aromatic nitrogens is 4. The molecule has 0 saturated carbocycles. The van der Waals surface area contributed by atoms with Crippen molar-refractivity contribution in [3.8, 4) is 22.8 Å². The maximum Gasteiger partial charge on any atom is 0.418 e. The van der Waals surface area contributed by atoms with Gasteiger partial charge in [0, 0.05) is 12.5 Å². The summed E-state index contributed by atoms with van der Waals surface area (Å²) in [6, 6.07) is 13.7. The summed E-state index contributed by atoms with van der Waals surface area (Å²) >= 11 is 1.20. The number of hydrogen-bond donors (Lipinski definition) is 2. The number of nitrogens with one attached hydrogen (secondary N) is 2. The first-order valence-corrected chi connectivity index (χ1v) is 11.7. The molecule has 186 valence electrons. The van der Waals surface area contributed by atoms with Gasteiger partial charge in [-0.05, 0) is 18.4 Å². The van der Waals surface area contributed by atoms with Crippen LogP contribution in [0, 0.1) is 0 Å². The van der Waals surface area contributed by atoms with Crippen LogP contribution >= 0.6 is 11.8 Å². The van der Waals surface area contributed by atoms with Gasteiger partial charge in [-0.1, -0.05) is 47.6 Å². The summed E-state index contributed by atoms with van der Waals surface area (Å²) in [7, 11) is 0. The van der Waals surface area contributed by atoms with Crippen LogP contribution in [-0.2, 0) is 22.3 Å². The molecule has 0 saturated heterocycles. The van der Waals surface area contributed by atoms with Gasteiger partial charge in [0.2, 0.25) is 17.6 Å². The third kappa shape index (κ3) is 5.40. The fraction of sp³-hybridized carbons (Fsp3) is 0.174. The Balaban J connectivity index is 1.68. The summed E-state index contributed by atoms with van der Waals surface area (Å²) in [5.74, 6) is -0.794. The molecule has 13 heteroatoms. The molecule has 4 rings (SSSR count). The Kier molecular flexibility index (Phi) is 7.10. The quantitative estimate of drug-likeness (QED) is 0.335. The summed E-state index contributed by atoms with van der Waals surface area (Å²) in [6.45, 7) is 0.776. The molecule has 0 aliphatic heterocycles. The zero-order valence-electron chi connectivity index (χ0n) is 19.0. The van der Waals surface area contributed by atoms with Gasteiger partial charge in [0.25, 0.3) is 5.89 Å². The highest BCUT2D eigenvalue weighted by molar-refractivity contribution is 7.98. The molecule has 0 aliphatic carbocycles. The van der Waals surface area contributed by atoms with Crippen molar-refractivity contribution in [2.75, 3.05) is 16.9 Å². The number of halogens is 3. The van der Waals surface area contributed by atoms with Crippen LogP contribution in [0.4, 0.5) is 24.7 Å². The van der Waals surface area contributed by atoms with Crippen molar-refractivity contribution in [1.82, 2.24) is 19.9 Å². The molecular weight excluding hydrogens is 497 g/mol. The number of hydrogen-bond acceptors (Lipinski definition) is 7. The second-order valence-electron chi connectivity index (χ2n) is 7.45. The van der Waals surface area contributed by atoms with Gasteiger partial charge in [-0.2, -0.15) is 23.3 Å². The minimum atomic E-state index is -4.65. The van der Waals surface area contributed by atoms with Gasteiger partial charge < -0.3 is 15.2 Å². The Morgan fingerprint density at radius 3 is 2.42 bits per heavy atom. The number of rotatable bonds is 7. The van der Waals surface area contributed by atoms with Crippen LogP contribution < -0.4 is 10.6 Å². The average Bonchev–Trinajstić information content (AvgIpc) is 3.44. The molecule has 2 heterocycles. The van der Waals surface area contributed by atoms with Crippen LogP contribution in [0.1, 0.15) is 12.5 Å². The normalized spacial score (nSPS) is 11.4. The maximum absolute atomic E-state index is 13.3. The number of carbonyl (C=O) groups excluding carboxylic acids is 2. The topological polar surface area (TPSA) is 115 Å². The molecule has 0 spiro atoms. The van der Waals surface area contributed by atoms with E-state index < -0.39 is 35.8 Å². The van der Waals surface area contributed by atoms with Crippen molar-refractivity contribution in [2.45, 2.75) is 24.7 Å². The van der Waals surface area contributed by atoms with Crippen molar-refractivity contribution in [2.24, 2.45) is 0 Å².